The molecule has 3 heteroatoms. The molecule has 19 heavy (non-hydrogen) atoms. The number of benzene rings is 1. The smallest absolute Gasteiger partial charge is 0.0996 e. The lowest BCUT2D eigenvalue weighted by atomic mass is 10.1. The van der Waals surface area contributed by atoms with Crippen molar-refractivity contribution in [3.63, 3.8) is 0 Å². The Bertz CT molecular complexity index is 866. The Labute approximate surface area is 109 Å². The summed E-state index contributed by atoms with van der Waals surface area (Å²) in [5.74, 6) is 0. The van der Waals surface area contributed by atoms with Gasteiger partial charge in [-0.05, 0) is 18.2 Å². The maximum Gasteiger partial charge on any atom is 0.0996 e. The van der Waals surface area contributed by atoms with Gasteiger partial charge in [-0.1, -0.05) is 24.3 Å². The summed E-state index contributed by atoms with van der Waals surface area (Å²) in [7, 11) is 0. The quantitative estimate of drug-likeness (QED) is 0.476. The van der Waals surface area contributed by atoms with Crippen molar-refractivity contribution in [1.82, 2.24) is 9.97 Å². The largest absolute Gasteiger partial charge is 0.472 e. The summed E-state index contributed by atoms with van der Waals surface area (Å²) in [6.07, 6.45) is 5.16. The van der Waals surface area contributed by atoms with Crippen molar-refractivity contribution in [2.45, 2.75) is 0 Å². The Morgan fingerprint density at radius 2 is 1.68 bits per heavy atom. The van der Waals surface area contributed by atoms with Crippen LogP contribution in [0, 0.1) is 0 Å². The fraction of sp³-hybridized carbons (Fsp3) is 0. The first-order valence-electron chi connectivity index (χ1n) is 6.09. The second-order valence-electron chi connectivity index (χ2n) is 4.42. The molecule has 0 aliphatic heterocycles. The van der Waals surface area contributed by atoms with Crippen molar-refractivity contribution in [2.24, 2.45) is 0 Å². The molecule has 90 valence electrons. The minimum absolute atomic E-state index is 0.902. The second-order valence-corrected chi connectivity index (χ2v) is 4.42. The number of fused-ring (bicyclic) bond motifs is 3. The number of hydrogen-bond acceptors (Lipinski definition) is 3. The highest BCUT2D eigenvalue weighted by atomic mass is 16.3. The van der Waals surface area contributed by atoms with Gasteiger partial charge in [-0.3, -0.25) is 4.98 Å². The van der Waals surface area contributed by atoms with Crippen LogP contribution >= 0.6 is 0 Å². The maximum atomic E-state index is 5.11. The van der Waals surface area contributed by atoms with Crippen LogP contribution in [-0.4, -0.2) is 9.97 Å². The topological polar surface area (TPSA) is 38.9 Å². The molecule has 0 aliphatic rings. The summed E-state index contributed by atoms with van der Waals surface area (Å²) in [5.41, 5.74) is 3.75. The first-order valence-corrected chi connectivity index (χ1v) is 6.09. The summed E-state index contributed by atoms with van der Waals surface area (Å²) in [5, 5.41) is 2.20. The molecule has 3 heterocycles. The van der Waals surface area contributed by atoms with Gasteiger partial charge in [0.2, 0.25) is 0 Å². The molecule has 1 aromatic carbocycles. The van der Waals surface area contributed by atoms with Crippen molar-refractivity contribution >= 4 is 21.8 Å². The Balaban J connectivity index is 2.09. The normalized spacial score (nSPS) is 11.2. The third kappa shape index (κ3) is 1.59. The predicted molar refractivity (Wildman–Crippen MR) is 74.7 cm³/mol. The number of hydrogen-bond donors (Lipinski definition) is 0. The van der Waals surface area contributed by atoms with Gasteiger partial charge in [0.05, 0.1) is 29.3 Å². The Hall–Kier alpha value is -2.68. The van der Waals surface area contributed by atoms with Crippen LogP contribution in [-0.2, 0) is 0 Å². The van der Waals surface area contributed by atoms with Crippen molar-refractivity contribution in [2.75, 3.05) is 0 Å². The van der Waals surface area contributed by atoms with E-state index in [1.807, 2.05) is 24.3 Å². The highest BCUT2D eigenvalue weighted by molar-refractivity contribution is 6.03. The number of rotatable bonds is 1. The molecule has 0 fully saturated rings. The van der Waals surface area contributed by atoms with Crippen LogP contribution in [0.2, 0.25) is 0 Å². The van der Waals surface area contributed by atoms with E-state index in [1.54, 1.807) is 18.7 Å². The number of aromatic nitrogens is 2. The molecule has 0 unspecified atom stereocenters. The van der Waals surface area contributed by atoms with E-state index in [9.17, 15) is 0 Å². The average Bonchev–Trinajstić information content (AvgIpc) is 3.01. The van der Waals surface area contributed by atoms with Gasteiger partial charge in [0.15, 0.2) is 0 Å². The zero-order valence-electron chi connectivity index (χ0n) is 10.1. The first-order chi connectivity index (χ1) is 9.42. The van der Waals surface area contributed by atoms with E-state index in [1.165, 1.54) is 0 Å². The Morgan fingerprint density at radius 1 is 0.842 bits per heavy atom. The van der Waals surface area contributed by atoms with E-state index in [2.05, 4.69) is 23.2 Å². The van der Waals surface area contributed by atoms with Gasteiger partial charge in [-0.25, -0.2) is 4.98 Å². The van der Waals surface area contributed by atoms with Crippen LogP contribution in [0.4, 0.5) is 0 Å². The molecule has 0 atom stereocenters. The van der Waals surface area contributed by atoms with E-state index in [-0.39, 0.29) is 0 Å². The van der Waals surface area contributed by atoms with Crippen LogP contribution in [0.15, 0.2) is 65.6 Å². The lowest BCUT2D eigenvalue weighted by molar-refractivity contribution is 0.568. The molecule has 0 aliphatic carbocycles. The molecule has 0 amide bonds. The third-order valence-corrected chi connectivity index (χ3v) is 3.25. The van der Waals surface area contributed by atoms with Crippen LogP contribution < -0.4 is 0 Å². The van der Waals surface area contributed by atoms with Crippen molar-refractivity contribution < 1.29 is 4.42 Å². The predicted octanol–water partition coefficient (Wildman–Crippen LogP) is 4.04. The van der Waals surface area contributed by atoms with Crippen LogP contribution in [0.3, 0.4) is 0 Å². The molecule has 0 N–H and O–H groups in total. The van der Waals surface area contributed by atoms with Gasteiger partial charge in [-0.15, -0.1) is 0 Å². The van der Waals surface area contributed by atoms with Crippen molar-refractivity contribution in [3.8, 4) is 11.3 Å². The number of nitrogens with zero attached hydrogens (tertiary/aromatic N) is 2. The van der Waals surface area contributed by atoms with E-state index in [0.29, 0.717) is 0 Å². The molecule has 0 saturated heterocycles. The van der Waals surface area contributed by atoms with Crippen LogP contribution in [0.5, 0.6) is 0 Å². The van der Waals surface area contributed by atoms with Gasteiger partial charge >= 0.3 is 0 Å². The lowest BCUT2D eigenvalue weighted by Crippen LogP contribution is -1.87. The van der Waals surface area contributed by atoms with Gasteiger partial charge in [0, 0.05) is 22.5 Å². The average molecular weight is 246 g/mol. The summed E-state index contributed by atoms with van der Waals surface area (Å²) in [6.45, 7) is 0. The summed E-state index contributed by atoms with van der Waals surface area (Å²) >= 11 is 0. The lowest BCUT2D eigenvalue weighted by Gasteiger charge is -2.04. The van der Waals surface area contributed by atoms with E-state index < -0.39 is 0 Å². The standard InChI is InChI=1S/C16H10N2O/c1-2-11-3-4-12-5-6-14(13-7-9-19-10-13)18-16(12)15(11)17-8-1/h1-10H. The van der Waals surface area contributed by atoms with Crippen molar-refractivity contribution in [3.05, 3.63) is 61.2 Å². The van der Waals surface area contributed by atoms with Crippen LogP contribution in [0.25, 0.3) is 33.1 Å². The van der Waals surface area contributed by atoms with E-state index >= 15 is 0 Å². The van der Waals surface area contributed by atoms with Gasteiger partial charge in [0.1, 0.15) is 0 Å². The molecule has 0 spiro atoms. The zero-order chi connectivity index (χ0) is 12.7. The molecule has 4 aromatic rings. The van der Waals surface area contributed by atoms with E-state index in [0.717, 1.165) is 33.1 Å². The Morgan fingerprint density at radius 3 is 2.53 bits per heavy atom. The molecule has 0 saturated carbocycles. The number of pyridine rings is 2. The minimum Gasteiger partial charge on any atom is -0.472 e. The number of furan rings is 1. The summed E-state index contributed by atoms with van der Waals surface area (Å²) in [6, 6.07) is 14.1. The highest BCUT2D eigenvalue weighted by Crippen LogP contribution is 2.25. The second kappa shape index (κ2) is 3.92. The zero-order valence-corrected chi connectivity index (χ0v) is 10.1. The SMILES string of the molecule is c1cnc2c(c1)ccc1ccc(-c3ccoc3)nc12. The molecule has 3 nitrogen and oxygen atoms in total. The molecular weight excluding hydrogens is 236 g/mol. The molecule has 4 rings (SSSR count). The van der Waals surface area contributed by atoms with Crippen molar-refractivity contribution in [1.29, 1.82) is 0 Å². The third-order valence-electron chi connectivity index (χ3n) is 3.25. The summed E-state index contributed by atoms with van der Waals surface area (Å²) in [4.78, 5) is 9.17. The molecule has 0 radical (unpaired) electrons. The fourth-order valence-corrected chi connectivity index (χ4v) is 2.29. The maximum absolute atomic E-state index is 5.11. The minimum atomic E-state index is 0.902. The summed E-state index contributed by atoms with van der Waals surface area (Å²) < 4.78 is 5.11. The van der Waals surface area contributed by atoms with Crippen LogP contribution in [0.1, 0.15) is 0 Å². The molecular formula is C16H10N2O. The van der Waals surface area contributed by atoms with Gasteiger partial charge < -0.3 is 4.42 Å². The molecule has 0 bridgehead atoms. The van der Waals surface area contributed by atoms with Gasteiger partial charge in [-0.2, -0.15) is 0 Å². The monoisotopic (exact) mass is 246 g/mol. The first kappa shape index (κ1) is 10.3. The van der Waals surface area contributed by atoms with Gasteiger partial charge in [0.25, 0.3) is 0 Å². The van der Waals surface area contributed by atoms with E-state index in [4.69, 9.17) is 9.40 Å². The fourth-order valence-electron chi connectivity index (χ4n) is 2.29. The Kier molecular flexibility index (Phi) is 2.12. The molecule has 3 aromatic heterocycles. The highest BCUT2D eigenvalue weighted by Gasteiger charge is 2.06.